The van der Waals surface area contributed by atoms with E-state index in [2.05, 4.69) is 25.2 Å². The predicted octanol–water partition coefficient (Wildman–Crippen LogP) is 2.20. The van der Waals surface area contributed by atoms with Gasteiger partial charge >= 0.3 is 0 Å². The number of methoxy groups -OCH3 is 3. The summed E-state index contributed by atoms with van der Waals surface area (Å²) in [5.41, 5.74) is 2.46. The molecule has 1 aliphatic rings. The van der Waals surface area contributed by atoms with Crippen molar-refractivity contribution in [2.24, 2.45) is 0 Å². The molecular formula is C24H25N7O4. The number of aromatic nitrogens is 5. The molecule has 1 aliphatic heterocycles. The van der Waals surface area contributed by atoms with Crippen LogP contribution >= 0.6 is 0 Å². The van der Waals surface area contributed by atoms with Gasteiger partial charge in [-0.2, -0.15) is 4.68 Å². The zero-order valence-electron chi connectivity index (χ0n) is 19.7. The maximum absolute atomic E-state index is 13.3. The second-order valence-electron chi connectivity index (χ2n) is 7.89. The number of hydrogen-bond donors (Lipinski definition) is 0. The van der Waals surface area contributed by atoms with Crippen molar-refractivity contribution >= 4 is 22.9 Å². The van der Waals surface area contributed by atoms with Gasteiger partial charge in [0.15, 0.2) is 17.0 Å². The molecule has 0 N–H and O–H groups in total. The standard InChI is InChI=1S/C24H25N7O4/c1-33-17-9-7-16(8-10-17)31-23-21(27-28-31)22(25-15-26-23)29-11-13-30(14-12-29)24(32)20-18(34-2)5-4-6-19(20)35-3/h4-10,15H,11-14H2,1-3H3. The van der Waals surface area contributed by atoms with Crippen molar-refractivity contribution in [2.45, 2.75) is 0 Å². The van der Waals surface area contributed by atoms with E-state index in [0.717, 1.165) is 11.4 Å². The third kappa shape index (κ3) is 4.05. The number of hydrogen-bond acceptors (Lipinski definition) is 9. The Morgan fingerprint density at radius 3 is 2.17 bits per heavy atom. The molecular weight excluding hydrogens is 450 g/mol. The van der Waals surface area contributed by atoms with E-state index in [0.29, 0.717) is 60.2 Å². The molecule has 5 rings (SSSR count). The van der Waals surface area contributed by atoms with Gasteiger partial charge in [-0.05, 0) is 36.4 Å². The summed E-state index contributed by atoms with van der Waals surface area (Å²) in [7, 11) is 4.71. The van der Waals surface area contributed by atoms with Gasteiger partial charge in [-0.3, -0.25) is 4.79 Å². The summed E-state index contributed by atoms with van der Waals surface area (Å²) in [5, 5.41) is 8.66. The van der Waals surface area contributed by atoms with Gasteiger partial charge in [0.1, 0.15) is 29.1 Å². The summed E-state index contributed by atoms with van der Waals surface area (Å²) < 4.78 is 17.7. The van der Waals surface area contributed by atoms with Gasteiger partial charge in [0, 0.05) is 26.2 Å². The number of anilines is 1. The summed E-state index contributed by atoms with van der Waals surface area (Å²) in [5.74, 6) is 2.30. The van der Waals surface area contributed by atoms with Crippen LogP contribution in [0, 0.1) is 0 Å². The topological polar surface area (TPSA) is 108 Å². The van der Waals surface area contributed by atoms with Crippen LogP contribution in [0.2, 0.25) is 0 Å². The van der Waals surface area contributed by atoms with Gasteiger partial charge in [-0.15, -0.1) is 5.10 Å². The van der Waals surface area contributed by atoms with E-state index >= 15 is 0 Å². The van der Waals surface area contributed by atoms with Crippen molar-refractivity contribution in [1.29, 1.82) is 0 Å². The van der Waals surface area contributed by atoms with Crippen LogP contribution in [0.4, 0.5) is 5.82 Å². The Morgan fingerprint density at radius 1 is 0.857 bits per heavy atom. The Labute approximate surface area is 201 Å². The number of ether oxygens (including phenoxy) is 3. The highest BCUT2D eigenvalue weighted by Gasteiger charge is 2.28. The van der Waals surface area contributed by atoms with Crippen molar-refractivity contribution in [1.82, 2.24) is 29.9 Å². The molecule has 1 amide bonds. The quantitative estimate of drug-likeness (QED) is 0.415. The Balaban J connectivity index is 1.36. The number of rotatable bonds is 6. The molecule has 0 bridgehead atoms. The van der Waals surface area contributed by atoms with Crippen LogP contribution in [0.5, 0.6) is 17.2 Å². The zero-order chi connectivity index (χ0) is 24.4. The Morgan fingerprint density at radius 2 is 1.54 bits per heavy atom. The van der Waals surface area contributed by atoms with E-state index in [1.165, 1.54) is 6.33 Å². The highest BCUT2D eigenvalue weighted by molar-refractivity contribution is 6.00. The molecule has 11 nitrogen and oxygen atoms in total. The average molecular weight is 476 g/mol. The number of amides is 1. The molecule has 2 aromatic heterocycles. The van der Waals surface area contributed by atoms with Crippen molar-refractivity contribution in [3.05, 3.63) is 54.4 Å². The minimum atomic E-state index is -0.128. The predicted molar refractivity (Wildman–Crippen MR) is 129 cm³/mol. The van der Waals surface area contributed by atoms with Crippen LogP contribution in [-0.2, 0) is 0 Å². The largest absolute Gasteiger partial charge is 0.497 e. The van der Waals surface area contributed by atoms with Crippen molar-refractivity contribution in [3.8, 4) is 22.9 Å². The van der Waals surface area contributed by atoms with E-state index in [4.69, 9.17) is 14.2 Å². The third-order valence-corrected chi connectivity index (χ3v) is 6.04. The summed E-state index contributed by atoms with van der Waals surface area (Å²) in [4.78, 5) is 26.1. The first-order chi connectivity index (χ1) is 17.1. The molecule has 0 spiro atoms. The molecule has 1 fully saturated rings. The number of benzene rings is 2. The normalized spacial score (nSPS) is 13.7. The lowest BCUT2D eigenvalue weighted by molar-refractivity contribution is 0.0739. The molecule has 3 heterocycles. The molecule has 180 valence electrons. The summed E-state index contributed by atoms with van der Waals surface area (Å²) in [6.45, 7) is 2.20. The highest BCUT2D eigenvalue weighted by atomic mass is 16.5. The van der Waals surface area contributed by atoms with Gasteiger partial charge in [-0.25, -0.2) is 9.97 Å². The molecule has 4 aromatic rings. The maximum Gasteiger partial charge on any atom is 0.261 e. The molecule has 0 saturated carbocycles. The first kappa shape index (κ1) is 22.4. The van der Waals surface area contributed by atoms with Gasteiger partial charge in [0.05, 0.1) is 27.0 Å². The number of carbonyl (C=O) groups excluding carboxylic acids is 1. The van der Waals surface area contributed by atoms with Gasteiger partial charge in [0.25, 0.3) is 5.91 Å². The molecule has 1 saturated heterocycles. The summed E-state index contributed by atoms with van der Waals surface area (Å²) >= 11 is 0. The average Bonchev–Trinajstić information content (AvgIpc) is 3.36. The lowest BCUT2D eigenvalue weighted by atomic mass is 10.1. The lowest BCUT2D eigenvalue weighted by Gasteiger charge is -2.35. The fourth-order valence-electron chi connectivity index (χ4n) is 4.21. The van der Waals surface area contributed by atoms with Crippen LogP contribution in [0.1, 0.15) is 10.4 Å². The number of carbonyl (C=O) groups is 1. The first-order valence-electron chi connectivity index (χ1n) is 11.1. The summed E-state index contributed by atoms with van der Waals surface area (Å²) in [6, 6.07) is 12.8. The fourth-order valence-corrected chi connectivity index (χ4v) is 4.21. The molecule has 0 unspecified atom stereocenters. The number of fused-ring (bicyclic) bond motifs is 1. The molecule has 11 heteroatoms. The Hall–Kier alpha value is -4.41. The second kappa shape index (κ2) is 9.45. The highest BCUT2D eigenvalue weighted by Crippen LogP contribution is 2.30. The van der Waals surface area contributed by atoms with Crippen LogP contribution in [0.25, 0.3) is 16.9 Å². The lowest BCUT2D eigenvalue weighted by Crippen LogP contribution is -2.49. The molecule has 35 heavy (non-hydrogen) atoms. The summed E-state index contributed by atoms with van der Waals surface area (Å²) in [6.07, 6.45) is 1.51. The van der Waals surface area contributed by atoms with Crippen LogP contribution in [0.15, 0.2) is 48.8 Å². The van der Waals surface area contributed by atoms with E-state index in [9.17, 15) is 4.79 Å². The molecule has 0 aliphatic carbocycles. The van der Waals surface area contributed by atoms with E-state index in [-0.39, 0.29) is 5.91 Å². The van der Waals surface area contributed by atoms with Crippen molar-refractivity contribution < 1.29 is 19.0 Å². The molecule has 2 aromatic carbocycles. The minimum Gasteiger partial charge on any atom is -0.497 e. The second-order valence-corrected chi connectivity index (χ2v) is 7.89. The van der Waals surface area contributed by atoms with Crippen LogP contribution in [0.3, 0.4) is 0 Å². The van der Waals surface area contributed by atoms with Crippen molar-refractivity contribution in [3.63, 3.8) is 0 Å². The van der Waals surface area contributed by atoms with Crippen molar-refractivity contribution in [2.75, 3.05) is 52.4 Å². The number of nitrogens with zero attached hydrogens (tertiary/aromatic N) is 7. The van der Waals surface area contributed by atoms with E-state index in [1.54, 1.807) is 49.1 Å². The van der Waals surface area contributed by atoms with E-state index in [1.807, 2.05) is 24.3 Å². The molecule has 0 radical (unpaired) electrons. The van der Waals surface area contributed by atoms with Gasteiger partial charge < -0.3 is 24.0 Å². The smallest absolute Gasteiger partial charge is 0.261 e. The van der Waals surface area contributed by atoms with Gasteiger partial charge in [0.2, 0.25) is 0 Å². The van der Waals surface area contributed by atoms with Gasteiger partial charge in [-0.1, -0.05) is 11.3 Å². The molecule has 0 atom stereocenters. The Kier molecular flexibility index (Phi) is 6.04. The first-order valence-corrected chi connectivity index (χ1v) is 11.1. The van der Waals surface area contributed by atoms with Crippen LogP contribution < -0.4 is 19.1 Å². The zero-order valence-corrected chi connectivity index (χ0v) is 19.7. The third-order valence-electron chi connectivity index (χ3n) is 6.04. The number of piperazine rings is 1. The van der Waals surface area contributed by atoms with Crippen LogP contribution in [-0.4, -0.2) is 83.3 Å². The maximum atomic E-state index is 13.3. The Bertz CT molecular complexity index is 1330. The minimum absolute atomic E-state index is 0.128. The fraction of sp³-hybridized carbons (Fsp3) is 0.292. The SMILES string of the molecule is COc1ccc(-n2nnc3c(N4CCN(C(=O)c5c(OC)cccc5OC)CC4)ncnc32)cc1. The van der Waals surface area contributed by atoms with E-state index < -0.39 is 0 Å². The monoisotopic (exact) mass is 475 g/mol.